The van der Waals surface area contributed by atoms with Crippen molar-refractivity contribution in [2.24, 2.45) is 0 Å². The summed E-state index contributed by atoms with van der Waals surface area (Å²) in [5.74, 6) is 1.09. The van der Waals surface area contributed by atoms with Gasteiger partial charge in [-0.15, -0.1) is 0 Å². The Balaban J connectivity index is 1.85. The van der Waals surface area contributed by atoms with Crippen LogP contribution in [0.4, 0.5) is 8.78 Å². The molecule has 1 aromatic carbocycles. The standard InChI is InChI=1S/C17H22F2N4O2/c1-2-22-15(13-6-4-8-20-10-13)21-23(17(22)24)11-12-5-3-7-14(9-12)25-16(18)19/h3,5,7,9,13,16,20H,2,4,6,8,10-11H2,1H3/t13-/m1/s1. The number of rotatable bonds is 6. The Labute approximate surface area is 144 Å². The Bertz CT molecular complexity index is 766. The number of piperidine rings is 1. The largest absolute Gasteiger partial charge is 0.435 e. The number of hydrogen-bond acceptors (Lipinski definition) is 4. The van der Waals surface area contributed by atoms with Gasteiger partial charge < -0.3 is 10.1 Å². The van der Waals surface area contributed by atoms with Crippen molar-refractivity contribution in [3.8, 4) is 5.75 Å². The number of nitrogens with zero attached hydrogens (tertiary/aromatic N) is 3. The minimum Gasteiger partial charge on any atom is -0.435 e. The highest BCUT2D eigenvalue weighted by atomic mass is 19.3. The molecule has 2 heterocycles. The van der Waals surface area contributed by atoms with Crippen LogP contribution >= 0.6 is 0 Å². The van der Waals surface area contributed by atoms with E-state index < -0.39 is 6.61 Å². The van der Waals surface area contributed by atoms with Gasteiger partial charge in [0.2, 0.25) is 0 Å². The van der Waals surface area contributed by atoms with Gasteiger partial charge in [0.25, 0.3) is 0 Å². The summed E-state index contributed by atoms with van der Waals surface area (Å²) >= 11 is 0. The second-order valence-corrected chi connectivity index (χ2v) is 6.11. The van der Waals surface area contributed by atoms with Gasteiger partial charge in [0, 0.05) is 19.0 Å². The lowest BCUT2D eigenvalue weighted by molar-refractivity contribution is -0.0498. The van der Waals surface area contributed by atoms with Crippen LogP contribution in [0.25, 0.3) is 0 Å². The number of ether oxygens (including phenoxy) is 1. The summed E-state index contributed by atoms with van der Waals surface area (Å²) in [6.07, 6.45) is 2.06. The maximum atomic E-state index is 12.6. The first-order valence-electron chi connectivity index (χ1n) is 8.50. The molecule has 136 valence electrons. The second-order valence-electron chi connectivity index (χ2n) is 6.11. The van der Waals surface area contributed by atoms with Crippen molar-refractivity contribution < 1.29 is 13.5 Å². The van der Waals surface area contributed by atoms with Crippen molar-refractivity contribution in [1.29, 1.82) is 0 Å². The molecule has 25 heavy (non-hydrogen) atoms. The molecule has 1 fully saturated rings. The molecule has 0 spiro atoms. The van der Waals surface area contributed by atoms with Crippen molar-refractivity contribution in [1.82, 2.24) is 19.7 Å². The smallest absolute Gasteiger partial charge is 0.387 e. The zero-order valence-electron chi connectivity index (χ0n) is 14.1. The summed E-state index contributed by atoms with van der Waals surface area (Å²) in [5, 5.41) is 7.86. The molecule has 1 aliphatic rings. The van der Waals surface area contributed by atoms with Crippen molar-refractivity contribution in [3.63, 3.8) is 0 Å². The van der Waals surface area contributed by atoms with E-state index in [1.165, 1.54) is 16.8 Å². The van der Waals surface area contributed by atoms with Crippen molar-refractivity contribution in [2.75, 3.05) is 13.1 Å². The van der Waals surface area contributed by atoms with Crippen LogP contribution in [-0.4, -0.2) is 34.0 Å². The monoisotopic (exact) mass is 352 g/mol. The topological polar surface area (TPSA) is 61.1 Å². The van der Waals surface area contributed by atoms with Gasteiger partial charge in [-0.1, -0.05) is 12.1 Å². The van der Waals surface area contributed by atoms with Crippen molar-refractivity contribution in [3.05, 3.63) is 46.1 Å². The lowest BCUT2D eigenvalue weighted by atomic mass is 9.99. The normalized spacial score (nSPS) is 17.8. The summed E-state index contributed by atoms with van der Waals surface area (Å²) in [4.78, 5) is 12.6. The molecule has 0 saturated carbocycles. The second kappa shape index (κ2) is 7.77. The van der Waals surface area contributed by atoms with Gasteiger partial charge in [0.15, 0.2) is 0 Å². The van der Waals surface area contributed by atoms with E-state index in [2.05, 4.69) is 15.2 Å². The molecule has 1 atom stereocenters. The first kappa shape index (κ1) is 17.6. The van der Waals surface area contributed by atoms with Gasteiger partial charge in [-0.05, 0) is 44.0 Å². The van der Waals surface area contributed by atoms with E-state index in [1.54, 1.807) is 16.7 Å². The molecule has 0 unspecified atom stereocenters. The fourth-order valence-electron chi connectivity index (χ4n) is 3.23. The summed E-state index contributed by atoms with van der Waals surface area (Å²) in [6.45, 7) is 1.63. The predicted molar refractivity (Wildman–Crippen MR) is 89.2 cm³/mol. The van der Waals surface area contributed by atoms with E-state index in [1.807, 2.05) is 6.92 Å². The minimum absolute atomic E-state index is 0.0761. The van der Waals surface area contributed by atoms with Crippen LogP contribution in [-0.2, 0) is 13.1 Å². The van der Waals surface area contributed by atoms with Crippen LogP contribution in [0.5, 0.6) is 5.75 Å². The Hall–Kier alpha value is -2.22. The molecule has 0 aliphatic carbocycles. The quantitative estimate of drug-likeness (QED) is 0.866. The third-order valence-electron chi connectivity index (χ3n) is 4.39. The molecule has 1 saturated heterocycles. The van der Waals surface area contributed by atoms with Gasteiger partial charge in [-0.2, -0.15) is 13.9 Å². The minimum atomic E-state index is -2.87. The van der Waals surface area contributed by atoms with Gasteiger partial charge in [-0.3, -0.25) is 4.57 Å². The predicted octanol–water partition coefficient (Wildman–Crippen LogP) is 2.18. The number of alkyl halides is 2. The van der Waals surface area contributed by atoms with E-state index >= 15 is 0 Å². The van der Waals surface area contributed by atoms with Crippen LogP contribution in [0.15, 0.2) is 29.1 Å². The Morgan fingerprint density at radius 1 is 1.44 bits per heavy atom. The van der Waals surface area contributed by atoms with E-state index in [0.29, 0.717) is 12.1 Å². The zero-order valence-corrected chi connectivity index (χ0v) is 14.1. The third kappa shape index (κ3) is 4.07. The average molecular weight is 352 g/mol. The summed E-state index contributed by atoms with van der Waals surface area (Å²) in [6, 6.07) is 6.35. The SMILES string of the molecule is CCn1c([C@@H]2CCCNC2)nn(Cc2cccc(OC(F)F)c2)c1=O. The molecule has 3 rings (SSSR count). The van der Waals surface area contributed by atoms with Gasteiger partial charge in [-0.25, -0.2) is 9.48 Å². The summed E-state index contributed by atoms with van der Waals surface area (Å²) in [5.41, 5.74) is 0.512. The van der Waals surface area contributed by atoms with Crippen LogP contribution in [0.3, 0.4) is 0 Å². The number of aromatic nitrogens is 3. The fraction of sp³-hybridized carbons (Fsp3) is 0.529. The van der Waals surface area contributed by atoms with E-state index in [-0.39, 0.29) is 23.9 Å². The van der Waals surface area contributed by atoms with Gasteiger partial charge in [0.05, 0.1) is 6.54 Å². The molecule has 1 N–H and O–H groups in total. The fourth-order valence-corrected chi connectivity index (χ4v) is 3.23. The van der Waals surface area contributed by atoms with Crippen molar-refractivity contribution in [2.45, 2.75) is 45.4 Å². The lowest BCUT2D eigenvalue weighted by Gasteiger charge is -2.21. The van der Waals surface area contributed by atoms with Crippen LogP contribution in [0, 0.1) is 0 Å². The van der Waals surface area contributed by atoms with Crippen LogP contribution < -0.4 is 15.7 Å². The third-order valence-corrected chi connectivity index (χ3v) is 4.39. The molecule has 1 aromatic heterocycles. The zero-order chi connectivity index (χ0) is 17.8. The Morgan fingerprint density at radius 2 is 2.28 bits per heavy atom. The molecule has 8 heteroatoms. The Kier molecular flexibility index (Phi) is 5.47. The molecule has 0 bridgehead atoms. The van der Waals surface area contributed by atoms with Gasteiger partial charge >= 0.3 is 12.3 Å². The summed E-state index contributed by atoms with van der Waals surface area (Å²) < 4.78 is 32.2. The van der Waals surface area contributed by atoms with Gasteiger partial charge in [0.1, 0.15) is 11.6 Å². The molecule has 1 aliphatic heterocycles. The lowest BCUT2D eigenvalue weighted by Crippen LogP contribution is -2.31. The molecule has 0 amide bonds. The molecular formula is C17H22F2N4O2. The first-order valence-corrected chi connectivity index (χ1v) is 8.50. The van der Waals surface area contributed by atoms with E-state index in [0.717, 1.165) is 31.8 Å². The van der Waals surface area contributed by atoms with Crippen molar-refractivity contribution >= 4 is 0 Å². The molecule has 2 aromatic rings. The Morgan fingerprint density at radius 3 is 2.96 bits per heavy atom. The highest BCUT2D eigenvalue weighted by Crippen LogP contribution is 2.21. The maximum Gasteiger partial charge on any atom is 0.387 e. The highest BCUT2D eigenvalue weighted by Gasteiger charge is 2.23. The number of hydrogen-bond donors (Lipinski definition) is 1. The molecule has 0 radical (unpaired) electrons. The summed E-state index contributed by atoms with van der Waals surface area (Å²) in [7, 11) is 0. The first-order chi connectivity index (χ1) is 12.1. The maximum absolute atomic E-state index is 12.6. The van der Waals surface area contributed by atoms with Crippen LogP contribution in [0.1, 0.15) is 37.1 Å². The number of nitrogens with one attached hydrogen (secondary N) is 1. The average Bonchev–Trinajstić information content (AvgIpc) is 2.91. The number of halogens is 2. The molecular weight excluding hydrogens is 330 g/mol. The van der Waals surface area contributed by atoms with E-state index in [4.69, 9.17) is 0 Å². The molecule has 6 nitrogen and oxygen atoms in total. The van der Waals surface area contributed by atoms with E-state index in [9.17, 15) is 13.6 Å². The van der Waals surface area contributed by atoms with Crippen LogP contribution in [0.2, 0.25) is 0 Å². The number of benzene rings is 1. The highest BCUT2D eigenvalue weighted by molar-refractivity contribution is 5.28.